The van der Waals surface area contributed by atoms with Crippen molar-refractivity contribution in [2.75, 3.05) is 32.0 Å². The van der Waals surface area contributed by atoms with Crippen LogP contribution in [0.4, 0.5) is 5.69 Å². The molecule has 2 heterocycles. The molecule has 1 amide bonds. The number of benzene rings is 1. The van der Waals surface area contributed by atoms with E-state index in [2.05, 4.69) is 39.7 Å². The highest BCUT2D eigenvalue weighted by Gasteiger charge is 2.20. The molecule has 6 nitrogen and oxygen atoms in total. The van der Waals surface area contributed by atoms with Crippen molar-refractivity contribution in [2.24, 2.45) is 5.92 Å². The lowest BCUT2D eigenvalue weighted by Gasteiger charge is -2.24. The lowest BCUT2D eigenvalue weighted by molar-refractivity contribution is 0.0950. The van der Waals surface area contributed by atoms with Gasteiger partial charge in [-0.2, -0.15) is 0 Å². The first kappa shape index (κ1) is 24.3. The number of hydrogen-bond acceptors (Lipinski definition) is 4. The minimum atomic E-state index is -0.142. The number of rotatable bonds is 7. The molecular formula is C28H38N4O2. The molecular weight excluding hydrogens is 424 g/mol. The number of nitrogens with zero attached hydrogens (tertiary/aromatic N) is 1. The van der Waals surface area contributed by atoms with Crippen LogP contribution in [0.25, 0.3) is 5.57 Å². The van der Waals surface area contributed by atoms with Crippen LogP contribution in [0.5, 0.6) is 0 Å². The van der Waals surface area contributed by atoms with E-state index in [0.717, 1.165) is 54.1 Å². The van der Waals surface area contributed by atoms with E-state index in [1.54, 1.807) is 0 Å². The molecule has 1 aliphatic carbocycles. The molecule has 1 aromatic carbocycles. The van der Waals surface area contributed by atoms with Gasteiger partial charge in [0.15, 0.2) is 0 Å². The average molecular weight is 463 g/mol. The van der Waals surface area contributed by atoms with Crippen molar-refractivity contribution < 1.29 is 4.79 Å². The Kier molecular flexibility index (Phi) is 7.57. The van der Waals surface area contributed by atoms with Gasteiger partial charge in [0.05, 0.1) is 0 Å². The second kappa shape index (κ2) is 10.6. The maximum absolute atomic E-state index is 13.3. The van der Waals surface area contributed by atoms with Crippen molar-refractivity contribution >= 4 is 17.2 Å². The van der Waals surface area contributed by atoms with Crippen LogP contribution in [0.3, 0.4) is 0 Å². The molecule has 1 aromatic heterocycles. The van der Waals surface area contributed by atoms with E-state index in [-0.39, 0.29) is 18.0 Å². The largest absolute Gasteiger partial charge is 0.385 e. The molecule has 0 saturated heterocycles. The third-order valence-electron chi connectivity index (χ3n) is 7.41. The number of amides is 1. The summed E-state index contributed by atoms with van der Waals surface area (Å²) in [5.74, 6) is 0.565. The first-order chi connectivity index (χ1) is 16.3. The number of carbonyl (C=O) groups excluding carboxylic acids is 1. The minimum absolute atomic E-state index is 0.140. The molecule has 6 heteroatoms. The van der Waals surface area contributed by atoms with Crippen molar-refractivity contribution in [3.05, 3.63) is 68.1 Å². The molecule has 1 aliphatic heterocycles. The smallest absolute Gasteiger partial charge is 0.253 e. The zero-order valence-electron chi connectivity index (χ0n) is 21.0. The van der Waals surface area contributed by atoms with Gasteiger partial charge in [-0.1, -0.05) is 18.9 Å². The Morgan fingerprint density at radius 1 is 1.15 bits per heavy atom. The number of pyridine rings is 1. The number of aryl methyl sites for hydroxylation is 2. The number of carbonyl (C=O) groups is 1. The fourth-order valence-electron chi connectivity index (χ4n) is 5.19. The summed E-state index contributed by atoms with van der Waals surface area (Å²) in [4.78, 5) is 30.9. The second-order valence-corrected chi connectivity index (χ2v) is 10.1. The quantitative estimate of drug-likeness (QED) is 0.564. The standard InChI is InChI=1S/C28H38N4O2/c1-18-13-19(2)31-28(34)25(18)17-30-27(33)24-14-23(22-9-11-32(4)12-10-22)15-26(20(24)3)29-16-21-7-5-6-8-21/h9,13-15,21,29H,5-8,10-12,16-17H2,1-4H3,(H,30,33)(H,31,34). The number of aromatic nitrogens is 1. The van der Waals surface area contributed by atoms with Gasteiger partial charge in [0.1, 0.15) is 0 Å². The van der Waals surface area contributed by atoms with E-state index >= 15 is 0 Å². The second-order valence-electron chi connectivity index (χ2n) is 10.1. The Hall–Kier alpha value is -2.86. The lowest BCUT2D eigenvalue weighted by atomic mass is 9.93. The highest BCUT2D eigenvalue weighted by Crippen LogP contribution is 2.31. The number of H-pyrrole nitrogens is 1. The van der Waals surface area contributed by atoms with Crippen LogP contribution in [0.1, 0.15) is 70.4 Å². The summed E-state index contributed by atoms with van der Waals surface area (Å²) < 4.78 is 0. The van der Waals surface area contributed by atoms with Gasteiger partial charge in [-0.25, -0.2) is 0 Å². The van der Waals surface area contributed by atoms with Gasteiger partial charge in [-0.3, -0.25) is 9.59 Å². The fourth-order valence-corrected chi connectivity index (χ4v) is 5.19. The van der Waals surface area contributed by atoms with Gasteiger partial charge in [0.25, 0.3) is 11.5 Å². The van der Waals surface area contributed by atoms with Crippen molar-refractivity contribution in [3.63, 3.8) is 0 Å². The molecule has 182 valence electrons. The van der Waals surface area contributed by atoms with Crippen molar-refractivity contribution in [1.29, 1.82) is 0 Å². The minimum Gasteiger partial charge on any atom is -0.385 e. The summed E-state index contributed by atoms with van der Waals surface area (Å²) in [6, 6.07) is 6.17. The summed E-state index contributed by atoms with van der Waals surface area (Å²) in [6.07, 6.45) is 8.43. The molecule has 4 rings (SSSR count). The zero-order valence-corrected chi connectivity index (χ0v) is 21.0. The molecule has 0 unspecified atom stereocenters. The number of likely N-dealkylation sites (N-methyl/N-ethyl adjacent to an activating group) is 1. The summed E-state index contributed by atoms with van der Waals surface area (Å²) in [5, 5.41) is 6.67. The van der Waals surface area contributed by atoms with Crippen LogP contribution in [-0.4, -0.2) is 42.5 Å². The molecule has 0 atom stereocenters. The van der Waals surface area contributed by atoms with E-state index in [1.165, 1.54) is 31.3 Å². The van der Waals surface area contributed by atoms with E-state index in [0.29, 0.717) is 17.0 Å². The molecule has 1 saturated carbocycles. The normalized spacial score (nSPS) is 17.0. The fraction of sp³-hybridized carbons (Fsp3) is 0.500. The third-order valence-corrected chi connectivity index (χ3v) is 7.41. The lowest BCUT2D eigenvalue weighted by Crippen LogP contribution is -2.29. The monoisotopic (exact) mass is 462 g/mol. The van der Waals surface area contributed by atoms with E-state index in [1.807, 2.05) is 32.9 Å². The van der Waals surface area contributed by atoms with Crippen molar-refractivity contribution in [3.8, 4) is 0 Å². The average Bonchev–Trinajstić information content (AvgIpc) is 3.32. The number of aromatic amines is 1. The molecule has 0 bridgehead atoms. The predicted molar refractivity (Wildman–Crippen MR) is 139 cm³/mol. The van der Waals surface area contributed by atoms with Gasteiger partial charge in [-0.15, -0.1) is 0 Å². The summed E-state index contributed by atoms with van der Waals surface area (Å²) in [5.41, 5.74) is 7.26. The van der Waals surface area contributed by atoms with Crippen LogP contribution in [0.2, 0.25) is 0 Å². The van der Waals surface area contributed by atoms with Crippen LogP contribution in [0.15, 0.2) is 29.1 Å². The topological polar surface area (TPSA) is 77.2 Å². The van der Waals surface area contributed by atoms with Crippen molar-refractivity contribution in [1.82, 2.24) is 15.2 Å². The maximum Gasteiger partial charge on any atom is 0.253 e. The van der Waals surface area contributed by atoms with Gasteiger partial charge in [0, 0.05) is 48.7 Å². The van der Waals surface area contributed by atoms with Gasteiger partial charge in [-0.05, 0) is 93.5 Å². The van der Waals surface area contributed by atoms with Crippen LogP contribution in [0, 0.1) is 26.7 Å². The van der Waals surface area contributed by atoms with E-state index in [9.17, 15) is 9.59 Å². The molecule has 2 aliphatic rings. The van der Waals surface area contributed by atoms with Crippen LogP contribution < -0.4 is 16.2 Å². The van der Waals surface area contributed by atoms with Gasteiger partial charge >= 0.3 is 0 Å². The van der Waals surface area contributed by atoms with E-state index < -0.39 is 0 Å². The first-order valence-electron chi connectivity index (χ1n) is 12.6. The van der Waals surface area contributed by atoms with Crippen LogP contribution >= 0.6 is 0 Å². The Balaban J connectivity index is 1.60. The number of nitrogens with one attached hydrogen (secondary N) is 3. The number of anilines is 1. The predicted octanol–water partition coefficient (Wildman–Crippen LogP) is 4.55. The van der Waals surface area contributed by atoms with Crippen LogP contribution in [-0.2, 0) is 6.54 Å². The van der Waals surface area contributed by atoms with Crippen molar-refractivity contribution in [2.45, 2.75) is 59.4 Å². The molecule has 2 aromatic rings. The van der Waals surface area contributed by atoms with Gasteiger partial charge < -0.3 is 20.5 Å². The number of hydrogen-bond donors (Lipinski definition) is 3. The molecule has 34 heavy (non-hydrogen) atoms. The summed E-state index contributed by atoms with van der Waals surface area (Å²) >= 11 is 0. The Morgan fingerprint density at radius 2 is 1.91 bits per heavy atom. The highest BCUT2D eigenvalue weighted by molar-refractivity contribution is 5.98. The highest BCUT2D eigenvalue weighted by atomic mass is 16.1. The molecule has 0 spiro atoms. The van der Waals surface area contributed by atoms with Gasteiger partial charge in [0.2, 0.25) is 0 Å². The third kappa shape index (κ3) is 5.61. The molecule has 1 fully saturated rings. The SMILES string of the molecule is Cc1cc(C)c(CNC(=O)c2cc(C3=CCN(C)CC3)cc(NCC3CCCC3)c2C)c(=O)[nH]1. The molecule has 0 radical (unpaired) electrons. The Bertz CT molecular complexity index is 1140. The maximum atomic E-state index is 13.3. The summed E-state index contributed by atoms with van der Waals surface area (Å²) in [7, 11) is 2.13. The van der Waals surface area contributed by atoms with E-state index in [4.69, 9.17) is 0 Å². The zero-order chi connectivity index (χ0) is 24.2. The first-order valence-corrected chi connectivity index (χ1v) is 12.6. The summed E-state index contributed by atoms with van der Waals surface area (Å²) in [6.45, 7) is 8.89. The molecule has 3 N–H and O–H groups in total. The Morgan fingerprint density at radius 3 is 2.59 bits per heavy atom. The Labute approximate surface area is 202 Å².